The Kier molecular flexibility index (Phi) is 47.0. The first-order chi connectivity index (χ1) is 43.3. The van der Waals surface area contributed by atoms with Gasteiger partial charge < -0.3 is 89.9 Å². The Bertz CT molecular complexity index is 1850. The normalized spacial score (nSPS) is 28.6. The number of amides is 1. The first-order valence-corrected chi connectivity index (χ1v) is 35.0. The molecule has 0 saturated carbocycles. The summed E-state index contributed by atoms with van der Waals surface area (Å²) >= 11 is 0. The molecule has 17 unspecified atom stereocenters. The molecule has 0 aliphatic carbocycles. The number of unbranched alkanes of at least 4 members (excludes halogenated alkanes) is 29. The topological polar surface area (TPSA) is 307 Å². The van der Waals surface area contributed by atoms with Crippen molar-refractivity contribution >= 4 is 5.91 Å². The summed E-state index contributed by atoms with van der Waals surface area (Å²) in [5, 5.41) is 120. The van der Waals surface area contributed by atoms with Gasteiger partial charge >= 0.3 is 0 Å². The Morgan fingerprint density at radius 2 is 0.775 bits per heavy atom. The van der Waals surface area contributed by atoms with Crippen LogP contribution in [0.15, 0.2) is 60.8 Å². The summed E-state index contributed by atoms with van der Waals surface area (Å²) in [7, 11) is 0. The van der Waals surface area contributed by atoms with Gasteiger partial charge in [0, 0.05) is 6.42 Å². The molecule has 0 radical (unpaired) electrons. The second kappa shape index (κ2) is 51.8. The maximum absolute atomic E-state index is 13.3. The van der Waals surface area contributed by atoms with Crippen LogP contribution in [0.5, 0.6) is 0 Å². The third-order valence-corrected chi connectivity index (χ3v) is 17.3. The maximum atomic E-state index is 13.3. The molecule has 3 aliphatic rings. The molecule has 3 rings (SSSR count). The standard InChI is InChI=1S/C70H125NO18/c1-3-5-7-9-11-13-15-17-18-19-20-21-22-23-24-25-26-27-28-29-30-31-32-33-34-36-37-39-41-43-45-47-54(75)53(71-58(76)48-46-44-42-40-38-35-16-14-12-10-8-6-4-2)52-84-68-64(82)61(79)66(56(50-73)86-68)89-70-65(83)62(80)67(57(51-74)87-70)88-69-63(81)60(78)59(77)55(49-72)85-69/h6,8,12,14,35,38,42,44-45,47,53-57,59-70,72-75,77-83H,3-5,7,9-11,13,15-34,36-37,39-41,43,46,48-52H2,1-2H3,(H,71,76)/b8-6-,14-12-,38-35-,44-42-,47-45+. The first-order valence-electron chi connectivity index (χ1n) is 35.0. The number of aliphatic hydroxyl groups excluding tert-OH is 11. The van der Waals surface area contributed by atoms with Gasteiger partial charge in [-0.3, -0.25) is 4.79 Å². The molecule has 19 nitrogen and oxygen atoms in total. The zero-order valence-electron chi connectivity index (χ0n) is 54.6. The Labute approximate surface area is 535 Å². The van der Waals surface area contributed by atoms with Crippen LogP contribution >= 0.6 is 0 Å². The van der Waals surface area contributed by atoms with Gasteiger partial charge in [0.15, 0.2) is 18.9 Å². The average molecular weight is 1270 g/mol. The van der Waals surface area contributed by atoms with E-state index in [1.807, 2.05) is 18.2 Å². The van der Waals surface area contributed by atoms with Crippen molar-refractivity contribution in [1.29, 1.82) is 0 Å². The minimum atomic E-state index is -1.99. The highest BCUT2D eigenvalue weighted by Gasteiger charge is 2.53. The van der Waals surface area contributed by atoms with E-state index in [-0.39, 0.29) is 18.9 Å². The molecule has 0 bridgehead atoms. The molecular weight excluding hydrogens is 1140 g/mol. The van der Waals surface area contributed by atoms with Crippen LogP contribution in [0.3, 0.4) is 0 Å². The highest BCUT2D eigenvalue weighted by molar-refractivity contribution is 5.76. The van der Waals surface area contributed by atoms with Gasteiger partial charge in [-0.15, -0.1) is 0 Å². The van der Waals surface area contributed by atoms with Crippen LogP contribution in [0.1, 0.15) is 245 Å². The maximum Gasteiger partial charge on any atom is 0.220 e. The molecule has 518 valence electrons. The molecule has 0 aromatic rings. The molecule has 3 aliphatic heterocycles. The van der Waals surface area contributed by atoms with Crippen LogP contribution in [-0.4, -0.2) is 193 Å². The highest BCUT2D eigenvalue weighted by atomic mass is 16.8. The van der Waals surface area contributed by atoms with E-state index in [1.54, 1.807) is 6.08 Å². The van der Waals surface area contributed by atoms with Gasteiger partial charge in [-0.1, -0.05) is 254 Å². The highest BCUT2D eigenvalue weighted by Crippen LogP contribution is 2.33. The summed E-state index contributed by atoms with van der Waals surface area (Å²) in [5.74, 6) is -0.355. The monoisotopic (exact) mass is 1270 g/mol. The predicted octanol–water partition coefficient (Wildman–Crippen LogP) is 9.16. The number of carbonyl (C=O) groups is 1. The number of hydrogen-bond donors (Lipinski definition) is 12. The molecule has 89 heavy (non-hydrogen) atoms. The molecule has 3 heterocycles. The lowest BCUT2D eigenvalue weighted by Crippen LogP contribution is -2.66. The van der Waals surface area contributed by atoms with Gasteiger partial charge in [-0.25, -0.2) is 0 Å². The summed E-state index contributed by atoms with van der Waals surface area (Å²) in [6.45, 7) is 1.57. The first kappa shape index (κ1) is 80.7. The van der Waals surface area contributed by atoms with E-state index in [2.05, 4.69) is 55.6 Å². The molecule has 3 saturated heterocycles. The Hall–Kier alpha value is -2.51. The van der Waals surface area contributed by atoms with Crippen molar-refractivity contribution in [3.63, 3.8) is 0 Å². The van der Waals surface area contributed by atoms with Gasteiger partial charge in [-0.05, 0) is 44.9 Å². The average Bonchev–Trinajstić information content (AvgIpc) is 2.38. The van der Waals surface area contributed by atoms with Crippen molar-refractivity contribution < 1.29 is 89.4 Å². The summed E-state index contributed by atoms with van der Waals surface area (Å²) < 4.78 is 34.3. The zero-order valence-corrected chi connectivity index (χ0v) is 54.6. The van der Waals surface area contributed by atoms with Gasteiger partial charge in [0.05, 0.1) is 38.6 Å². The number of aliphatic hydroxyl groups is 11. The molecule has 0 spiro atoms. The number of allylic oxidation sites excluding steroid dienone is 9. The largest absolute Gasteiger partial charge is 0.394 e. The number of rotatable bonds is 53. The SMILES string of the molecule is CC/C=C\C/C=C\C/C=C\C/C=C\CCC(=O)NC(COC1OC(CO)C(OC2OC(CO)C(OC3OC(CO)C(O)C(O)C3O)C(O)C2O)C(O)C1O)C(O)/C=C/CCCCCCCCCCCCCCCCCCCCCCCCCCCCCCC. The van der Waals surface area contributed by atoms with Crippen molar-refractivity contribution in [2.75, 3.05) is 26.4 Å². The van der Waals surface area contributed by atoms with E-state index >= 15 is 0 Å². The number of hydrogen-bond acceptors (Lipinski definition) is 18. The van der Waals surface area contributed by atoms with E-state index in [4.69, 9.17) is 28.4 Å². The fraction of sp³-hybridized carbons (Fsp3) is 0.843. The summed E-state index contributed by atoms with van der Waals surface area (Å²) in [6, 6.07) is -1.01. The van der Waals surface area contributed by atoms with Crippen molar-refractivity contribution in [2.24, 2.45) is 0 Å². The van der Waals surface area contributed by atoms with Crippen molar-refractivity contribution in [1.82, 2.24) is 5.32 Å². The zero-order chi connectivity index (χ0) is 64.7. The van der Waals surface area contributed by atoms with Crippen LogP contribution in [-0.2, 0) is 33.2 Å². The second-order valence-electron chi connectivity index (χ2n) is 25.0. The van der Waals surface area contributed by atoms with Crippen LogP contribution < -0.4 is 5.32 Å². The fourth-order valence-corrected chi connectivity index (χ4v) is 11.7. The third kappa shape index (κ3) is 33.9. The molecule has 3 fully saturated rings. The lowest BCUT2D eigenvalue weighted by molar-refractivity contribution is -0.379. The quantitative estimate of drug-likeness (QED) is 0.0199. The minimum absolute atomic E-state index is 0.120. The van der Waals surface area contributed by atoms with Crippen molar-refractivity contribution in [3.8, 4) is 0 Å². The van der Waals surface area contributed by atoms with E-state index in [9.17, 15) is 61.0 Å². The smallest absolute Gasteiger partial charge is 0.220 e. The van der Waals surface area contributed by atoms with E-state index < -0.39 is 124 Å². The minimum Gasteiger partial charge on any atom is -0.394 e. The molecule has 12 N–H and O–H groups in total. The Morgan fingerprint density at radius 1 is 0.416 bits per heavy atom. The van der Waals surface area contributed by atoms with Gasteiger partial charge in [-0.2, -0.15) is 0 Å². The number of carbonyl (C=O) groups excluding carboxylic acids is 1. The summed E-state index contributed by atoms with van der Waals surface area (Å²) in [5.41, 5.74) is 0. The van der Waals surface area contributed by atoms with Crippen molar-refractivity contribution in [3.05, 3.63) is 60.8 Å². The molecule has 1 amide bonds. The van der Waals surface area contributed by atoms with Crippen LogP contribution in [0.2, 0.25) is 0 Å². The number of ether oxygens (including phenoxy) is 6. The summed E-state index contributed by atoms with van der Waals surface area (Å²) in [4.78, 5) is 13.3. The lowest BCUT2D eigenvalue weighted by atomic mass is 9.96. The molecule has 0 aromatic carbocycles. The van der Waals surface area contributed by atoms with E-state index in [0.29, 0.717) is 12.8 Å². The summed E-state index contributed by atoms with van der Waals surface area (Å²) in [6.07, 6.45) is 36.8. The second-order valence-corrected chi connectivity index (χ2v) is 25.0. The Morgan fingerprint density at radius 3 is 1.19 bits per heavy atom. The Balaban J connectivity index is 1.39. The van der Waals surface area contributed by atoms with Crippen molar-refractivity contribution in [2.45, 2.75) is 349 Å². The van der Waals surface area contributed by atoms with E-state index in [0.717, 1.165) is 44.9 Å². The number of nitrogens with one attached hydrogen (secondary N) is 1. The molecule has 0 aromatic heterocycles. The third-order valence-electron chi connectivity index (χ3n) is 17.3. The van der Waals surface area contributed by atoms with Crippen LogP contribution in [0.4, 0.5) is 0 Å². The van der Waals surface area contributed by atoms with Gasteiger partial charge in [0.2, 0.25) is 5.91 Å². The van der Waals surface area contributed by atoms with Gasteiger partial charge in [0.1, 0.15) is 73.2 Å². The lowest BCUT2D eigenvalue weighted by Gasteiger charge is -2.48. The fourth-order valence-electron chi connectivity index (χ4n) is 11.7. The van der Waals surface area contributed by atoms with E-state index in [1.165, 1.54) is 167 Å². The molecule has 19 heteroatoms. The van der Waals surface area contributed by atoms with Crippen LogP contribution in [0, 0.1) is 0 Å². The van der Waals surface area contributed by atoms with Gasteiger partial charge in [0.25, 0.3) is 0 Å². The van der Waals surface area contributed by atoms with Crippen LogP contribution in [0.25, 0.3) is 0 Å². The predicted molar refractivity (Wildman–Crippen MR) is 346 cm³/mol. The molecule has 17 atom stereocenters. The molecular formula is C70H125NO18.